The van der Waals surface area contributed by atoms with Crippen molar-refractivity contribution in [1.29, 1.82) is 0 Å². The summed E-state index contributed by atoms with van der Waals surface area (Å²) in [5.41, 5.74) is 0. The first-order chi connectivity index (χ1) is 17.3. The molecule has 1 rings (SSSR count). The SMILES string of the molecule is CCCCCCCCC/C=C/CC/C=C/C(O)C(COC1OC(CO)C(O)C(O)C1O)NC(=O)CC. The van der Waals surface area contributed by atoms with Gasteiger partial charge in [0.05, 0.1) is 25.4 Å². The van der Waals surface area contributed by atoms with Gasteiger partial charge in [-0.2, -0.15) is 0 Å². The summed E-state index contributed by atoms with van der Waals surface area (Å²) in [6.45, 7) is 3.13. The van der Waals surface area contributed by atoms with E-state index in [4.69, 9.17) is 9.47 Å². The lowest BCUT2D eigenvalue weighted by Crippen LogP contribution is -2.60. The Bertz CT molecular complexity index is 627. The van der Waals surface area contributed by atoms with Crippen LogP contribution in [-0.4, -0.2) is 87.5 Å². The molecule has 1 amide bonds. The first kappa shape index (κ1) is 32.7. The molecule has 0 aromatic rings. The molecule has 0 saturated carbocycles. The van der Waals surface area contributed by atoms with Crippen LogP contribution in [0.25, 0.3) is 0 Å². The van der Waals surface area contributed by atoms with E-state index in [0.29, 0.717) is 0 Å². The van der Waals surface area contributed by atoms with Crippen LogP contribution in [0.5, 0.6) is 0 Å². The minimum atomic E-state index is -1.56. The fraction of sp³-hybridized carbons (Fsp3) is 0.815. The van der Waals surface area contributed by atoms with Crippen LogP contribution in [0, 0.1) is 0 Å². The van der Waals surface area contributed by atoms with Crippen molar-refractivity contribution in [2.75, 3.05) is 13.2 Å². The molecule has 7 unspecified atom stereocenters. The van der Waals surface area contributed by atoms with Gasteiger partial charge in [-0.15, -0.1) is 0 Å². The van der Waals surface area contributed by atoms with Crippen LogP contribution >= 0.6 is 0 Å². The predicted molar refractivity (Wildman–Crippen MR) is 138 cm³/mol. The normalized spacial score (nSPS) is 26.5. The Morgan fingerprint density at radius 3 is 2.22 bits per heavy atom. The van der Waals surface area contributed by atoms with Gasteiger partial charge in [0.25, 0.3) is 0 Å². The van der Waals surface area contributed by atoms with Crippen LogP contribution in [0.4, 0.5) is 0 Å². The summed E-state index contributed by atoms with van der Waals surface area (Å²) in [5.74, 6) is -0.279. The number of carbonyl (C=O) groups is 1. The molecule has 1 heterocycles. The number of hydrogen-bond acceptors (Lipinski definition) is 8. The zero-order valence-corrected chi connectivity index (χ0v) is 22.0. The summed E-state index contributed by atoms with van der Waals surface area (Å²) in [5, 5.41) is 52.5. The lowest BCUT2D eigenvalue weighted by atomic mass is 9.99. The van der Waals surface area contributed by atoms with Crippen molar-refractivity contribution in [2.45, 2.75) is 127 Å². The lowest BCUT2D eigenvalue weighted by Gasteiger charge is -2.40. The van der Waals surface area contributed by atoms with E-state index in [1.54, 1.807) is 13.0 Å². The van der Waals surface area contributed by atoms with Crippen LogP contribution in [0.3, 0.4) is 0 Å². The quantitative estimate of drug-likeness (QED) is 0.113. The molecule has 210 valence electrons. The second-order valence-corrected chi connectivity index (χ2v) is 9.44. The van der Waals surface area contributed by atoms with Crippen molar-refractivity contribution >= 4 is 5.91 Å². The molecular weight excluding hydrogens is 466 g/mol. The number of ether oxygens (including phenoxy) is 2. The largest absolute Gasteiger partial charge is 0.394 e. The van der Waals surface area contributed by atoms with Gasteiger partial charge in [-0.25, -0.2) is 0 Å². The number of aliphatic hydroxyl groups excluding tert-OH is 5. The summed E-state index contributed by atoms with van der Waals surface area (Å²) >= 11 is 0. The van der Waals surface area contributed by atoms with Gasteiger partial charge in [0, 0.05) is 6.42 Å². The highest BCUT2D eigenvalue weighted by molar-refractivity contribution is 5.75. The molecule has 7 atom stereocenters. The van der Waals surface area contributed by atoms with E-state index in [1.165, 1.54) is 44.9 Å². The van der Waals surface area contributed by atoms with Crippen molar-refractivity contribution < 1.29 is 39.8 Å². The third kappa shape index (κ3) is 12.8. The first-order valence-electron chi connectivity index (χ1n) is 13.6. The van der Waals surface area contributed by atoms with Crippen LogP contribution in [0.2, 0.25) is 0 Å². The van der Waals surface area contributed by atoms with Crippen molar-refractivity contribution in [3.05, 3.63) is 24.3 Å². The van der Waals surface area contributed by atoms with Gasteiger partial charge in [-0.3, -0.25) is 4.79 Å². The van der Waals surface area contributed by atoms with Crippen molar-refractivity contribution in [3.63, 3.8) is 0 Å². The number of hydrogen-bond donors (Lipinski definition) is 6. The van der Waals surface area contributed by atoms with Gasteiger partial charge in [0.1, 0.15) is 24.4 Å². The number of rotatable bonds is 19. The van der Waals surface area contributed by atoms with Crippen molar-refractivity contribution in [3.8, 4) is 0 Å². The standard InChI is InChI=1S/C27H49NO8/c1-3-5-6-7-8-9-10-11-12-13-14-15-16-17-21(30)20(28-23(31)4-2)19-35-27-26(34)25(33)24(32)22(18-29)36-27/h12-13,16-17,20-22,24-27,29-30,32-34H,3-11,14-15,18-19H2,1-2H3,(H,28,31)/b13-12+,17-16+. The Labute approximate surface area is 216 Å². The van der Waals surface area contributed by atoms with E-state index in [0.717, 1.165) is 19.3 Å². The molecule has 9 nitrogen and oxygen atoms in total. The van der Waals surface area contributed by atoms with Gasteiger partial charge in [-0.05, 0) is 25.7 Å². The summed E-state index contributed by atoms with van der Waals surface area (Å²) in [6, 6.07) is -0.811. The molecule has 0 bridgehead atoms. The number of amides is 1. The molecule has 0 aromatic heterocycles. The van der Waals surface area contributed by atoms with Crippen LogP contribution in [0.1, 0.15) is 84.5 Å². The van der Waals surface area contributed by atoms with E-state index in [1.807, 2.05) is 6.08 Å². The molecule has 6 N–H and O–H groups in total. The fourth-order valence-electron chi connectivity index (χ4n) is 3.96. The van der Waals surface area contributed by atoms with Gasteiger partial charge in [0.15, 0.2) is 6.29 Å². The smallest absolute Gasteiger partial charge is 0.220 e. The Morgan fingerprint density at radius 2 is 1.56 bits per heavy atom. The van der Waals surface area contributed by atoms with Gasteiger partial charge in [-0.1, -0.05) is 76.7 Å². The maximum absolute atomic E-state index is 11.9. The second kappa shape index (κ2) is 19.7. The molecule has 0 radical (unpaired) electrons. The molecule has 36 heavy (non-hydrogen) atoms. The highest BCUT2D eigenvalue weighted by Crippen LogP contribution is 2.22. The van der Waals surface area contributed by atoms with Gasteiger partial charge in [0.2, 0.25) is 5.91 Å². The Morgan fingerprint density at radius 1 is 0.917 bits per heavy atom. The highest BCUT2D eigenvalue weighted by atomic mass is 16.7. The molecule has 1 fully saturated rings. The lowest BCUT2D eigenvalue weighted by molar-refractivity contribution is -0.302. The molecule has 0 spiro atoms. The van der Waals surface area contributed by atoms with Gasteiger partial charge < -0.3 is 40.3 Å². The highest BCUT2D eigenvalue weighted by Gasteiger charge is 2.44. The minimum Gasteiger partial charge on any atom is -0.394 e. The molecule has 1 aliphatic rings. The summed E-state index contributed by atoms with van der Waals surface area (Å²) < 4.78 is 10.8. The Kier molecular flexibility index (Phi) is 17.9. The fourth-order valence-corrected chi connectivity index (χ4v) is 3.96. The molecular formula is C27H49NO8. The van der Waals surface area contributed by atoms with E-state index in [2.05, 4.69) is 24.4 Å². The van der Waals surface area contributed by atoms with Crippen LogP contribution < -0.4 is 5.32 Å². The topological polar surface area (TPSA) is 149 Å². The zero-order chi connectivity index (χ0) is 26.8. The number of nitrogens with one attached hydrogen (secondary N) is 1. The monoisotopic (exact) mass is 515 g/mol. The number of aliphatic hydroxyl groups is 5. The molecule has 0 aliphatic carbocycles. The third-order valence-corrected chi connectivity index (χ3v) is 6.34. The average Bonchev–Trinajstić information content (AvgIpc) is 2.88. The van der Waals surface area contributed by atoms with Crippen molar-refractivity contribution in [2.24, 2.45) is 0 Å². The van der Waals surface area contributed by atoms with E-state index >= 15 is 0 Å². The number of unbranched alkanes of at least 4 members (excludes halogenated alkanes) is 8. The predicted octanol–water partition coefficient (Wildman–Crippen LogP) is 2.09. The van der Waals surface area contributed by atoms with E-state index in [9.17, 15) is 30.3 Å². The number of allylic oxidation sites excluding steroid dienone is 3. The molecule has 0 aromatic carbocycles. The second-order valence-electron chi connectivity index (χ2n) is 9.44. The summed E-state index contributed by atoms with van der Waals surface area (Å²) in [6.07, 6.45) is 11.7. The van der Waals surface area contributed by atoms with E-state index < -0.39 is 49.5 Å². The maximum atomic E-state index is 11.9. The molecule has 9 heteroatoms. The van der Waals surface area contributed by atoms with Crippen LogP contribution in [0.15, 0.2) is 24.3 Å². The molecule has 1 aliphatic heterocycles. The van der Waals surface area contributed by atoms with E-state index in [-0.39, 0.29) is 18.9 Å². The van der Waals surface area contributed by atoms with Crippen LogP contribution in [-0.2, 0) is 14.3 Å². The number of carbonyl (C=O) groups excluding carboxylic acids is 1. The summed E-state index contributed by atoms with van der Waals surface area (Å²) in [4.78, 5) is 11.9. The zero-order valence-electron chi connectivity index (χ0n) is 22.0. The Hall–Kier alpha value is -1.33. The third-order valence-electron chi connectivity index (χ3n) is 6.34. The van der Waals surface area contributed by atoms with Crippen molar-refractivity contribution in [1.82, 2.24) is 5.32 Å². The average molecular weight is 516 g/mol. The Balaban J connectivity index is 2.43. The van der Waals surface area contributed by atoms with Gasteiger partial charge >= 0.3 is 0 Å². The minimum absolute atomic E-state index is 0.210. The summed E-state index contributed by atoms with van der Waals surface area (Å²) in [7, 11) is 0. The maximum Gasteiger partial charge on any atom is 0.220 e. The molecule has 1 saturated heterocycles. The first-order valence-corrected chi connectivity index (χ1v) is 13.6.